The number of hydrogen-bond acceptors (Lipinski definition) is 4. The lowest BCUT2D eigenvalue weighted by Crippen LogP contribution is -2.43. The molecule has 102 valence electrons. The van der Waals surface area contributed by atoms with Gasteiger partial charge in [0.1, 0.15) is 11.3 Å². The predicted octanol–water partition coefficient (Wildman–Crippen LogP) is 2.08. The summed E-state index contributed by atoms with van der Waals surface area (Å²) in [7, 11) is 1.62. The van der Waals surface area contributed by atoms with Crippen molar-refractivity contribution in [3.8, 4) is 5.75 Å². The minimum Gasteiger partial charge on any atom is -0.497 e. The Balaban J connectivity index is 2.01. The van der Waals surface area contributed by atoms with E-state index >= 15 is 0 Å². The standard InChI is InChI=1S/C13H16N2O3S/c1-13(2)11(16)14-12(17)15(13)8-19-10-6-4-9(18-3)5-7-10/h4-7H,8H2,1-3H3,(H,14,16,17). The fourth-order valence-corrected chi connectivity index (χ4v) is 2.77. The lowest BCUT2D eigenvalue weighted by atomic mass is 10.1. The maximum Gasteiger partial charge on any atom is 0.325 e. The Labute approximate surface area is 116 Å². The highest BCUT2D eigenvalue weighted by molar-refractivity contribution is 7.99. The lowest BCUT2D eigenvalue weighted by Gasteiger charge is -2.27. The summed E-state index contributed by atoms with van der Waals surface area (Å²) in [4.78, 5) is 25.8. The Morgan fingerprint density at radius 1 is 1.26 bits per heavy atom. The molecule has 0 aromatic heterocycles. The molecule has 1 aromatic rings. The van der Waals surface area contributed by atoms with Crippen LogP contribution in [-0.4, -0.2) is 35.4 Å². The molecule has 0 unspecified atom stereocenters. The molecule has 0 atom stereocenters. The fourth-order valence-electron chi connectivity index (χ4n) is 1.73. The zero-order chi connectivity index (χ0) is 14.0. The number of imide groups is 1. The lowest BCUT2D eigenvalue weighted by molar-refractivity contribution is -0.124. The second kappa shape index (κ2) is 5.13. The van der Waals surface area contributed by atoms with Crippen molar-refractivity contribution >= 4 is 23.7 Å². The molecule has 0 bridgehead atoms. The summed E-state index contributed by atoms with van der Waals surface area (Å²) >= 11 is 1.50. The van der Waals surface area contributed by atoms with E-state index in [1.807, 2.05) is 24.3 Å². The highest BCUT2D eigenvalue weighted by Gasteiger charge is 2.45. The van der Waals surface area contributed by atoms with Gasteiger partial charge < -0.3 is 9.64 Å². The van der Waals surface area contributed by atoms with E-state index in [2.05, 4.69) is 5.32 Å². The summed E-state index contributed by atoms with van der Waals surface area (Å²) in [6, 6.07) is 7.24. The van der Waals surface area contributed by atoms with Gasteiger partial charge >= 0.3 is 6.03 Å². The number of nitrogens with zero attached hydrogens (tertiary/aromatic N) is 1. The van der Waals surface area contributed by atoms with Crippen molar-refractivity contribution in [1.29, 1.82) is 0 Å². The van der Waals surface area contributed by atoms with E-state index in [1.165, 1.54) is 16.7 Å². The number of ether oxygens (including phenoxy) is 1. The first-order valence-electron chi connectivity index (χ1n) is 5.85. The summed E-state index contributed by atoms with van der Waals surface area (Å²) in [5.74, 6) is 0.961. The molecule has 1 N–H and O–H groups in total. The first-order chi connectivity index (χ1) is 8.95. The number of carbonyl (C=O) groups excluding carboxylic acids is 2. The van der Waals surface area contributed by atoms with Crippen molar-refractivity contribution in [3.63, 3.8) is 0 Å². The molecular formula is C13H16N2O3S. The van der Waals surface area contributed by atoms with E-state index in [1.54, 1.807) is 21.0 Å². The number of methoxy groups -OCH3 is 1. The molecule has 2 rings (SSSR count). The van der Waals surface area contributed by atoms with E-state index in [0.717, 1.165) is 10.6 Å². The highest BCUT2D eigenvalue weighted by atomic mass is 32.2. The quantitative estimate of drug-likeness (QED) is 0.677. The van der Waals surface area contributed by atoms with Crippen molar-refractivity contribution in [2.75, 3.05) is 13.0 Å². The molecule has 1 aromatic carbocycles. The predicted molar refractivity (Wildman–Crippen MR) is 73.2 cm³/mol. The first kappa shape index (κ1) is 13.7. The van der Waals surface area contributed by atoms with Gasteiger partial charge in [-0.3, -0.25) is 10.1 Å². The maximum atomic E-state index is 11.7. The van der Waals surface area contributed by atoms with E-state index in [4.69, 9.17) is 4.74 Å². The van der Waals surface area contributed by atoms with Gasteiger partial charge in [-0.1, -0.05) is 0 Å². The number of amides is 3. The molecule has 3 amide bonds. The minimum absolute atomic E-state index is 0.257. The number of benzene rings is 1. The number of nitrogens with one attached hydrogen (secondary N) is 1. The van der Waals surface area contributed by atoms with E-state index in [-0.39, 0.29) is 11.9 Å². The van der Waals surface area contributed by atoms with Crippen molar-refractivity contribution < 1.29 is 14.3 Å². The number of urea groups is 1. The van der Waals surface area contributed by atoms with Crippen LogP contribution in [0.5, 0.6) is 5.75 Å². The Bertz CT molecular complexity index is 499. The Hall–Kier alpha value is -1.69. The molecule has 1 aliphatic heterocycles. The maximum absolute atomic E-state index is 11.7. The van der Waals surface area contributed by atoms with Crippen LogP contribution in [0.4, 0.5) is 4.79 Å². The van der Waals surface area contributed by atoms with Gasteiger partial charge in [-0.2, -0.15) is 0 Å². The zero-order valence-corrected chi connectivity index (χ0v) is 11.9. The monoisotopic (exact) mass is 280 g/mol. The van der Waals surface area contributed by atoms with Gasteiger partial charge in [0.25, 0.3) is 5.91 Å². The highest BCUT2D eigenvalue weighted by Crippen LogP contribution is 2.27. The van der Waals surface area contributed by atoms with E-state index < -0.39 is 5.54 Å². The summed E-state index contributed by atoms with van der Waals surface area (Å²) in [5, 5.41) is 2.33. The number of carbonyl (C=O) groups is 2. The SMILES string of the molecule is COc1ccc(SCN2C(=O)NC(=O)C2(C)C)cc1. The molecule has 0 spiro atoms. The first-order valence-corrected chi connectivity index (χ1v) is 6.83. The largest absolute Gasteiger partial charge is 0.497 e. The van der Waals surface area contributed by atoms with Crippen LogP contribution in [0.1, 0.15) is 13.8 Å². The molecule has 1 aliphatic rings. The van der Waals surface area contributed by atoms with Gasteiger partial charge in [-0.15, -0.1) is 11.8 Å². The number of rotatable bonds is 4. The van der Waals surface area contributed by atoms with Crippen LogP contribution in [0.15, 0.2) is 29.2 Å². The van der Waals surface area contributed by atoms with Crippen molar-refractivity contribution in [3.05, 3.63) is 24.3 Å². The van der Waals surface area contributed by atoms with Gasteiger partial charge in [0.15, 0.2) is 0 Å². The van der Waals surface area contributed by atoms with Crippen molar-refractivity contribution in [2.24, 2.45) is 0 Å². The Morgan fingerprint density at radius 2 is 1.89 bits per heavy atom. The molecule has 1 saturated heterocycles. The topological polar surface area (TPSA) is 58.6 Å². The number of hydrogen-bond donors (Lipinski definition) is 1. The van der Waals surface area contributed by atoms with E-state index in [9.17, 15) is 9.59 Å². The van der Waals surface area contributed by atoms with Gasteiger partial charge in [0.2, 0.25) is 0 Å². The van der Waals surface area contributed by atoms with Crippen molar-refractivity contribution in [2.45, 2.75) is 24.3 Å². The second-order valence-corrected chi connectivity index (χ2v) is 5.71. The summed E-state index contributed by atoms with van der Waals surface area (Å²) in [6.07, 6.45) is 0. The minimum atomic E-state index is -0.795. The molecule has 6 heteroatoms. The fraction of sp³-hybridized carbons (Fsp3) is 0.385. The summed E-state index contributed by atoms with van der Waals surface area (Å²) in [5.41, 5.74) is -0.795. The molecule has 0 aliphatic carbocycles. The molecule has 1 fully saturated rings. The van der Waals surface area contributed by atoms with Crippen LogP contribution in [0.3, 0.4) is 0 Å². The van der Waals surface area contributed by atoms with Gasteiger partial charge in [0.05, 0.1) is 13.0 Å². The molecule has 1 heterocycles. The normalized spacial score (nSPS) is 17.5. The van der Waals surface area contributed by atoms with Crippen molar-refractivity contribution in [1.82, 2.24) is 10.2 Å². The van der Waals surface area contributed by atoms with Crippen LogP contribution < -0.4 is 10.1 Å². The van der Waals surface area contributed by atoms with Crippen LogP contribution in [0.2, 0.25) is 0 Å². The van der Waals surface area contributed by atoms with Gasteiger partial charge in [-0.05, 0) is 38.1 Å². The third-order valence-corrected chi connectivity index (χ3v) is 4.11. The zero-order valence-electron chi connectivity index (χ0n) is 11.1. The van der Waals surface area contributed by atoms with Gasteiger partial charge in [-0.25, -0.2) is 4.79 Å². The van der Waals surface area contributed by atoms with Crippen LogP contribution >= 0.6 is 11.8 Å². The molecular weight excluding hydrogens is 264 g/mol. The Morgan fingerprint density at radius 3 is 2.37 bits per heavy atom. The van der Waals surface area contributed by atoms with Crippen LogP contribution in [-0.2, 0) is 4.79 Å². The average Bonchev–Trinajstić information content (AvgIpc) is 2.57. The Kier molecular flexibility index (Phi) is 3.71. The summed E-state index contributed by atoms with van der Waals surface area (Å²) in [6.45, 7) is 3.48. The average molecular weight is 280 g/mol. The van der Waals surface area contributed by atoms with Gasteiger partial charge in [0, 0.05) is 4.90 Å². The molecule has 0 saturated carbocycles. The molecule has 0 radical (unpaired) electrons. The molecule has 5 nitrogen and oxygen atoms in total. The third-order valence-electron chi connectivity index (χ3n) is 3.12. The van der Waals surface area contributed by atoms with Crippen LogP contribution in [0, 0.1) is 0 Å². The van der Waals surface area contributed by atoms with E-state index in [0.29, 0.717) is 5.88 Å². The second-order valence-electron chi connectivity index (χ2n) is 4.70. The summed E-state index contributed by atoms with van der Waals surface area (Å²) < 4.78 is 5.08. The number of thioether (sulfide) groups is 1. The third kappa shape index (κ3) is 2.68. The smallest absolute Gasteiger partial charge is 0.325 e. The van der Waals surface area contributed by atoms with Crippen LogP contribution in [0.25, 0.3) is 0 Å². The molecule has 19 heavy (non-hydrogen) atoms.